The lowest BCUT2D eigenvalue weighted by Crippen LogP contribution is -2.39. The van der Waals surface area contributed by atoms with E-state index in [0.29, 0.717) is 5.69 Å². The number of halogens is 3. The van der Waals surface area contributed by atoms with Crippen molar-refractivity contribution in [3.8, 4) is 5.69 Å². The number of carbonyl (C=O) groups excluding carboxylic acids is 1. The first kappa shape index (κ1) is 19.6. The smallest absolute Gasteiger partial charge is 0.323 e. The fourth-order valence-electron chi connectivity index (χ4n) is 3.50. The molecular weight excluding hydrogens is 403 g/mol. The number of nitrogens with zero attached hydrogens (tertiary/aromatic N) is 4. The van der Waals surface area contributed by atoms with E-state index in [1.807, 2.05) is 17.2 Å². The molecule has 0 saturated heterocycles. The zero-order valence-electron chi connectivity index (χ0n) is 15.5. The van der Waals surface area contributed by atoms with Crippen molar-refractivity contribution in [2.75, 3.05) is 18.4 Å². The molecule has 1 aliphatic rings. The molecule has 2 aromatic heterocycles. The minimum absolute atomic E-state index is 0.0382. The first-order valence-electron chi connectivity index (χ1n) is 8.99. The molecule has 0 bridgehead atoms. The molecule has 10 heteroatoms. The molecule has 152 valence electrons. The molecule has 0 aliphatic carbocycles. The number of fused-ring (bicyclic) bond motifs is 1. The molecule has 1 aliphatic heterocycles. The van der Waals surface area contributed by atoms with Gasteiger partial charge in [0.05, 0.1) is 23.5 Å². The molecule has 1 unspecified atom stereocenters. The quantitative estimate of drug-likeness (QED) is 0.694. The largest absolute Gasteiger partial charge is 0.416 e. The van der Waals surface area contributed by atoms with Gasteiger partial charge in [-0.1, -0.05) is 0 Å². The Hall–Kier alpha value is -2.72. The van der Waals surface area contributed by atoms with Crippen molar-refractivity contribution in [3.63, 3.8) is 0 Å². The van der Waals surface area contributed by atoms with E-state index in [2.05, 4.69) is 21.5 Å². The van der Waals surface area contributed by atoms with Gasteiger partial charge in [-0.05, 0) is 48.6 Å². The zero-order chi connectivity index (χ0) is 20.6. The predicted octanol–water partition coefficient (Wildman–Crippen LogP) is 3.91. The van der Waals surface area contributed by atoms with Crippen LogP contribution >= 0.6 is 11.3 Å². The van der Waals surface area contributed by atoms with Crippen molar-refractivity contribution in [1.82, 2.24) is 19.7 Å². The van der Waals surface area contributed by atoms with Crippen LogP contribution in [0.25, 0.3) is 5.69 Å². The van der Waals surface area contributed by atoms with Crippen LogP contribution in [0.5, 0.6) is 0 Å². The fourth-order valence-corrected chi connectivity index (χ4v) is 4.46. The van der Waals surface area contributed by atoms with E-state index in [0.717, 1.165) is 25.1 Å². The van der Waals surface area contributed by atoms with Crippen molar-refractivity contribution in [2.45, 2.75) is 25.6 Å². The lowest BCUT2D eigenvalue weighted by molar-refractivity contribution is -0.137. The normalized spacial score (nSPS) is 17.2. The zero-order valence-corrected chi connectivity index (χ0v) is 16.3. The van der Waals surface area contributed by atoms with E-state index in [-0.39, 0.29) is 24.2 Å². The van der Waals surface area contributed by atoms with Gasteiger partial charge < -0.3 is 5.32 Å². The van der Waals surface area contributed by atoms with Gasteiger partial charge in [-0.25, -0.2) is 9.67 Å². The summed E-state index contributed by atoms with van der Waals surface area (Å²) < 4.78 is 40.8. The number of hydrogen-bond donors (Lipinski definition) is 1. The van der Waals surface area contributed by atoms with Crippen LogP contribution in [0.2, 0.25) is 0 Å². The number of rotatable bonds is 4. The van der Waals surface area contributed by atoms with Gasteiger partial charge in [0.25, 0.3) is 0 Å². The second-order valence-corrected chi connectivity index (χ2v) is 7.81. The first-order valence-corrected chi connectivity index (χ1v) is 9.87. The summed E-state index contributed by atoms with van der Waals surface area (Å²) in [5.41, 5.74) is 0.717. The number of nitrogens with one attached hydrogen (secondary N) is 1. The molecular formula is C19H18F3N5OS. The molecule has 0 radical (unpaired) electrons. The van der Waals surface area contributed by atoms with Gasteiger partial charge in [0.1, 0.15) is 12.7 Å². The number of carbonyl (C=O) groups is 1. The van der Waals surface area contributed by atoms with Crippen LogP contribution < -0.4 is 5.32 Å². The Kier molecular flexibility index (Phi) is 5.13. The van der Waals surface area contributed by atoms with E-state index >= 15 is 0 Å². The van der Waals surface area contributed by atoms with Crippen LogP contribution in [0.1, 0.15) is 29.0 Å². The number of aromatic nitrogens is 3. The van der Waals surface area contributed by atoms with Crippen LogP contribution in [-0.4, -0.2) is 38.7 Å². The lowest BCUT2D eigenvalue weighted by atomic mass is 10.0. The maximum absolute atomic E-state index is 13.2. The Bertz CT molecular complexity index is 1020. The molecule has 1 amide bonds. The summed E-state index contributed by atoms with van der Waals surface area (Å²) in [5, 5.41) is 8.63. The summed E-state index contributed by atoms with van der Waals surface area (Å²) in [6, 6.07) is 5.29. The van der Waals surface area contributed by atoms with E-state index in [4.69, 9.17) is 0 Å². The molecule has 0 saturated carbocycles. The average Bonchev–Trinajstić information content (AvgIpc) is 3.35. The number of alkyl halides is 3. The third-order valence-electron chi connectivity index (χ3n) is 5.01. The molecule has 4 rings (SSSR count). The number of anilines is 1. The van der Waals surface area contributed by atoms with Crippen LogP contribution in [-0.2, 0) is 17.4 Å². The number of thiophene rings is 1. The monoisotopic (exact) mass is 421 g/mol. The van der Waals surface area contributed by atoms with Gasteiger partial charge in [0, 0.05) is 17.5 Å². The second-order valence-electron chi connectivity index (χ2n) is 6.81. The van der Waals surface area contributed by atoms with Crippen LogP contribution in [0.15, 0.2) is 42.3 Å². The molecule has 1 atom stereocenters. The third kappa shape index (κ3) is 4.03. The van der Waals surface area contributed by atoms with E-state index in [1.54, 1.807) is 11.3 Å². The summed E-state index contributed by atoms with van der Waals surface area (Å²) in [6.45, 7) is 2.84. The Morgan fingerprint density at radius 1 is 1.34 bits per heavy atom. The molecule has 6 nitrogen and oxygen atoms in total. The fraction of sp³-hybridized carbons (Fsp3) is 0.316. The summed E-state index contributed by atoms with van der Waals surface area (Å²) >= 11 is 1.71. The summed E-state index contributed by atoms with van der Waals surface area (Å²) in [7, 11) is 0. The van der Waals surface area contributed by atoms with E-state index in [9.17, 15) is 18.0 Å². The SMILES string of the molecule is CC1c2ccsc2CCN1CC(=O)Nc1cc(C(F)(F)F)ccc1-n1cncn1. The van der Waals surface area contributed by atoms with Gasteiger partial charge in [-0.2, -0.15) is 18.3 Å². The second kappa shape index (κ2) is 7.60. The molecule has 1 aromatic carbocycles. The Morgan fingerprint density at radius 2 is 2.17 bits per heavy atom. The third-order valence-corrected chi connectivity index (χ3v) is 6.01. The highest BCUT2D eigenvalue weighted by molar-refractivity contribution is 7.10. The minimum atomic E-state index is -4.52. The maximum atomic E-state index is 13.2. The molecule has 29 heavy (non-hydrogen) atoms. The highest BCUT2D eigenvalue weighted by Crippen LogP contribution is 2.34. The van der Waals surface area contributed by atoms with Gasteiger partial charge in [-0.15, -0.1) is 11.3 Å². The van der Waals surface area contributed by atoms with Crippen molar-refractivity contribution in [3.05, 3.63) is 58.3 Å². The van der Waals surface area contributed by atoms with Crippen LogP contribution in [0.4, 0.5) is 18.9 Å². The van der Waals surface area contributed by atoms with E-state index < -0.39 is 11.7 Å². The lowest BCUT2D eigenvalue weighted by Gasteiger charge is -2.33. The van der Waals surface area contributed by atoms with Crippen molar-refractivity contribution in [1.29, 1.82) is 0 Å². The van der Waals surface area contributed by atoms with Gasteiger partial charge in [0.2, 0.25) is 5.91 Å². The van der Waals surface area contributed by atoms with Gasteiger partial charge in [0.15, 0.2) is 0 Å². The topological polar surface area (TPSA) is 63.1 Å². The molecule has 3 aromatic rings. The minimum Gasteiger partial charge on any atom is -0.323 e. The molecule has 0 fully saturated rings. The maximum Gasteiger partial charge on any atom is 0.416 e. The van der Waals surface area contributed by atoms with Gasteiger partial charge in [-0.3, -0.25) is 9.69 Å². The van der Waals surface area contributed by atoms with Crippen molar-refractivity contribution < 1.29 is 18.0 Å². The number of hydrogen-bond acceptors (Lipinski definition) is 5. The highest BCUT2D eigenvalue weighted by atomic mass is 32.1. The first-order chi connectivity index (χ1) is 13.8. The molecule has 0 spiro atoms. The average molecular weight is 421 g/mol. The Balaban J connectivity index is 1.56. The standard InChI is InChI=1S/C19H18F3N5OS/c1-12-14-5-7-29-17(14)4-6-26(12)9-18(28)25-15-8-13(19(20,21)22)2-3-16(15)27-11-23-10-24-27/h2-3,5,7-8,10-12H,4,6,9H2,1H3,(H,25,28). The van der Waals surface area contributed by atoms with Crippen molar-refractivity contribution in [2.24, 2.45) is 0 Å². The highest BCUT2D eigenvalue weighted by Gasteiger charge is 2.32. The Labute approximate surface area is 169 Å². The Morgan fingerprint density at radius 3 is 2.90 bits per heavy atom. The predicted molar refractivity (Wildman–Crippen MR) is 103 cm³/mol. The number of benzene rings is 1. The summed E-state index contributed by atoms with van der Waals surface area (Å²) in [6.07, 6.45) is -1.02. The van der Waals surface area contributed by atoms with Gasteiger partial charge >= 0.3 is 6.18 Å². The summed E-state index contributed by atoms with van der Waals surface area (Å²) in [5.74, 6) is -0.379. The summed E-state index contributed by atoms with van der Waals surface area (Å²) in [4.78, 5) is 19.8. The van der Waals surface area contributed by atoms with Crippen LogP contribution in [0, 0.1) is 0 Å². The van der Waals surface area contributed by atoms with Crippen molar-refractivity contribution >= 4 is 22.9 Å². The molecule has 3 heterocycles. The van der Waals surface area contributed by atoms with Crippen LogP contribution in [0.3, 0.4) is 0 Å². The number of amides is 1. The van der Waals surface area contributed by atoms with E-state index in [1.165, 1.54) is 33.8 Å². The molecule has 1 N–H and O–H groups in total.